The lowest BCUT2D eigenvalue weighted by atomic mass is 10.1. The third-order valence-electron chi connectivity index (χ3n) is 3.51. The van der Waals surface area contributed by atoms with Crippen molar-refractivity contribution < 1.29 is 9.18 Å². The van der Waals surface area contributed by atoms with Crippen LogP contribution < -0.4 is 5.32 Å². The van der Waals surface area contributed by atoms with E-state index in [1.54, 1.807) is 42.1 Å². The number of nitrogens with one attached hydrogen (secondary N) is 1. The quantitative estimate of drug-likeness (QED) is 0.652. The number of hydrogen-bond donors (Lipinski definition) is 1. The second-order valence-electron chi connectivity index (χ2n) is 5.34. The SMILES string of the molecule is O=C(/C=C/c1ccc(F)cc1)c1ccc(NC2=NCCCS2)cc1. The van der Waals surface area contributed by atoms with Crippen LogP contribution in [0.1, 0.15) is 22.3 Å². The smallest absolute Gasteiger partial charge is 0.185 e. The monoisotopic (exact) mass is 340 g/mol. The molecule has 1 aliphatic rings. The Balaban J connectivity index is 1.63. The van der Waals surface area contributed by atoms with Crippen LogP contribution in [0.3, 0.4) is 0 Å². The van der Waals surface area contributed by atoms with Crippen LogP contribution in [0.2, 0.25) is 0 Å². The molecular weight excluding hydrogens is 323 g/mol. The van der Waals surface area contributed by atoms with E-state index >= 15 is 0 Å². The van der Waals surface area contributed by atoms with Gasteiger partial charge in [-0.3, -0.25) is 9.79 Å². The number of amidine groups is 1. The van der Waals surface area contributed by atoms with Gasteiger partial charge < -0.3 is 5.32 Å². The van der Waals surface area contributed by atoms with E-state index in [9.17, 15) is 9.18 Å². The highest BCUT2D eigenvalue weighted by molar-refractivity contribution is 8.14. The fraction of sp³-hybridized carbons (Fsp3) is 0.158. The minimum absolute atomic E-state index is 0.0877. The molecule has 0 spiro atoms. The van der Waals surface area contributed by atoms with Gasteiger partial charge in [0.15, 0.2) is 11.0 Å². The van der Waals surface area contributed by atoms with Gasteiger partial charge in [0.2, 0.25) is 0 Å². The molecule has 0 fully saturated rings. The lowest BCUT2D eigenvalue weighted by Gasteiger charge is -2.13. The lowest BCUT2D eigenvalue weighted by Crippen LogP contribution is -2.13. The predicted molar refractivity (Wildman–Crippen MR) is 99.2 cm³/mol. The van der Waals surface area contributed by atoms with Crippen LogP contribution in [0.15, 0.2) is 59.6 Å². The van der Waals surface area contributed by atoms with Gasteiger partial charge in [-0.2, -0.15) is 0 Å². The molecule has 2 aromatic rings. The fourth-order valence-electron chi connectivity index (χ4n) is 2.22. The summed E-state index contributed by atoms with van der Waals surface area (Å²) in [6, 6.07) is 13.3. The van der Waals surface area contributed by atoms with Crippen LogP contribution >= 0.6 is 11.8 Å². The minimum atomic E-state index is -0.290. The van der Waals surface area contributed by atoms with Crippen molar-refractivity contribution in [2.24, 2.45) is 4.99 Å². The van der Waals surface area contributed by atoms with Gasteiger partial charge in [0.05, 0.1) is 0 Å². The Morgan fingerprint density at radius 3 is 2.54 bits per heavy atom. The van der Waals surface area contributed by atoms with Crippen LogP contribution in [-0.2, 0) is 0 Å². The molecule has 0 bridgehead atoms. The summed E-state index contributed by atoms with van der Waals surface area (Å²) in [4.78, 5) is 16.6. The Morgan fingerprint density at radius 2 is 1.88 bits per heavy atom. The molecule has 0 amide bonds. The third-order valence-corrected chi connectivity index (χ3v) is 4.51. The van der Waals surface area contributed by atoms with E-state index in [1.807, 2.05) is 12.1 Å². The first-order valence-corrected chi connectivity index (χ1v) is 8.71. The molecule has 0 radical (unpaired) electrons. The van der Waals surface area contributed by atoms with Crippen LogP contribution in [-0.4, -0.2) is 23.2 Å². The minimum Gasteiger partial charge on any atom is -0.335 e. The predicted octanol–water partition coefficient (Wildman–Crippen LogP) is 4.63. The largest absolute Gasteiger partial charge is 0.335 e. The zero-order chi connectivity index (χ0) is 16.8. The van der Waals surface area contributed by atoms with Crippen LogP contribution in [0.5, 0.6) is 0 Å². The van der Waals surface area contributed by atoms with Crippen LogP contribution in [0.4, 0.5) is 10.1 Å². The van der Waals surface area contributed by atoms with E-state index in [-0.39, 0.29) is 11.6 Å². The molecule has 0 aliphatic carbocycles. The number of nitrogens with zero attached hydrogens (tertiary/aromatic N) is 1. The first kappa shape index (κ1) is 16.5. The maximum absolute atomic E-state index is 12.8. The Kier molecular flexibility index (Phi) is 5.43. The van der Waals surface area contributed by atoms with Crippen LogP contribution in [0, 0.1) is 5.82 Å². The zero-order valence-electron chi connectivity index (χ0n) is 13.0. The van der Waals surface area contributed by atoms with Gasteiger partial charge in [-0.1, -0.05) is 30.0 Å². The normalized spacial score (nSPS) is 14.5. The molecule has 0 unspecified atom stereocenters. The highest BCUT2D eigenvalue weighted by atomic mass is 32.2. The first-order valence-electron chi connectivity index (χ1n) is 7.73. The molecule has 24 heavy (non-hydrogen) atoms. The fourth-order valence-corrected chi connectivity index (χ4v) is 3.06. The van der Waals surface area contributed by atoms with E-state index in [0.717, 1.165) is 35.1 Å². The number of thioether (sulfide) groups is 1. The second kappa shape index (κ2) is 7.93. The van der Waals surface area contributed by atoms with E-state index in [2.05, 4.69) is 10.3 Å². The molecule has 2 aromatic carbocycles. The average molecular weight is 340 g/mol. The summed E-state index contributed by atoms with van der Waals surface area (Å²) in [6.07, 6.45) is 4.29. The van der Waals surface area contributed by atoms with Gasteiger partial charge in [-0.05, 0) is 54.5 Å². The number of allylic oxidation sites excluding steroid dienone is 1. The summed E-state index contributed by atoms with van der Waals surface area (Å²) in [5.74, 6) is 0.703. The summed E-state index contributed by atoms with van der Waals surface area (Å²) in [6.45, 7) is 0.861. The molecule has 0 saturated carbocycles. The van der Waals surface area contributed by atoms with Crippen molar-refractivity contribution in [3.63, 3.8) is 0 Å². The number of aliphatic imine (C=N–C) groups is 1. The van der Waals surface area contributed by atoms with Gasteiger partial charge >= 0.3 is 0 Å². The Morgan fingerprint density at radius 1 is 1.12 bits per heavy atom. The maximum atomic E-state index is 12.8. The molecule has 0 saturated heterocycles. The van der Waals surface area contributed by atoms with Crippen molar-refractivity contribution in [3.05, 3.63) is 71.6 Å². The Hall–Kier alpha value is -2.40. The first-order chi connectivity index (χ1) is 11.7. The topological polar surface area (TPSA) is 41.5 Å². The van der Waals surface area contributed by atoms with E-state index in [4.69, 9.17) is 0 Å². The number of rotatable bonds is 4. The highest BCUT2D eigenvalue weighted by Gasteiger charge is 2.07. The van der Waals surface area contributed by atoms with Crippen molar-refractivity contribution in [2.45, 2.75) is 6.42 Å². The zero-order valence-corrected chi connectivity index (χ0v) is 13.9. The highest BCUT2D eigenvalue weighted by Crippen LogP contribution is 2.17. The molecule has 3 nitrogen and oxygen atoms in total. The van der Waals surface area contributed by atoms with Crippen molar-refractivity contribution in [1.82, 2.24) is 0 Å². The Labute approximate surface area is 144 Å². The van der Waals surface area contributed by atoms with Gasteiger partial charge in [0, 0.05) is 23.5 Å². The summed E-state index contributed by atoms with van der Waals surface area (Å²) >= 11 is 1.71. The standard InChI is InChI=1S/C19H17FN2OS/c20-16-7-2-14(3-8-16)4-11-18(23)15-5-9-17(10-6-15)22-19-21-12-1-13-24-19/h2-11H,1,12-13H2,(H,21,22)/b11-4+. The number of ketones is 1. The molecule has 0 atom stereocenters. The molecule has 3 rings (SSSR count). The number of carbonyl (C=O) groups excluding carboxylic acids is 1. The number of halogens is 1. The number of anilines is 1. The summed E-state index contributed by atoms with van der Waals surface area (Å²) in [5.41, 5.74) is 2.31. The molecular formula is C19H17FN2OS. The summed E-state index contributed by atoms with van der Waals surface area (Å²) in [5, 5.41) is 4.19. The molecule has 122 valence electrons. The van der Waals surface area contributed by atoms with Crippen molar-refractivity contribution in [2.75, 3.05) is 17.6 Å². The van der Waals surface area contributed by atoms with Gasteiger partial charge in [-0.25, -0.2) is 4.39 Å². The third kappa shape index (κ3) is 4.55. The van der Waals surface area contributed by atoms with E-state index < -0.39 is 0 Å². The van der Waals surface area contributed by atoms with E-state index in [1.165, 1.54) is 18.2 Å². The van der Waals surface area contributed by atoms with E-state index in [0.29, 0.717) is 5.56 Å². The lowest BCUT2D eigenvalue weighted by molar-refractivity contribution is 0.104. The van der Waals surface area contributed by atoms with Crippen molar-refractivity contribution >= 4 is 34.5 Å². The number of benzene rings is 2. The Bertz CT molecular complexity index is 767. The van der Waals surface area contributed by atoms with Crippen LogP contribution in [0.25, 0.3) is 6.08 Å². The van der Waals surface area contributed by atoms with Crippen molar-refractivity contribution in [1.29, 1.82) is 0 Å². The van der Waals surface area contributed by atoms with Crippen molar-refractivity contribution in [3.8, 4) is 0 Å². The second-order valence-corrected chi connectivity index (χ2v) is 6.42. The molecule has 1 N–H and O–H groups in total. The average Bonchev–Trinajstić information content (AvgIpc) is 2.62. The van der Waals surface area contributed by atoms with Gasteiger partial charge in [-0.15, -0.1) is 0 Å². The number of carbonyl (C=O) groups is 1. The molecule has 5 heteroatoms. The molecule has 0 aromatic heterocycles. The summed E-state index contributed by atoms with van der Waals surface area (Å²) in [7, 11) is 0. The molecule has 1 aliphatic heterocycles. The number of hydrogen-bond acceptors (Lipinski definition) is 4. The van der Waals surface area contributed by atoms with Gasteiger partial charge in [0.25, 0.3) is 0 Å². The molecule has 1 heterocycles. The summed E-state index contributed by atoms with van der Waals surface area (Å²) < 4.78 is 12.8. The van der Waals surface area contributed by atoms with Gasteiger partial charge in [0.1, 0.15) is 5.82 Å². The maximum Gasteiger partial charge on any atom is 0.185 e.